The van der Waals surface area contributed by atoms with Crippen LogP contribution in [0.1, 0.15) is 317 Å². The van der Waals surface area contributed by atoms with E-state index in [1.165, 1.54) is 205 Å². The van der Waals surface area contributed by atoms with Crippen molar-refractivity contribution >= 4 is 29.5 Å². The van der Waals surface area contributed by atoms with Gasteiger partial charge in [-0.05, 0) is 25.7 Å². The molecule has 0 fully saturated rings. The molecule has 0 saturated heterocycles. The fourth-order valence-corrected chi connectivity index (χ4v) is 11.0. The third-order valence-electron chi connectivity index (χ3n) is 16.9. The van der Waals surface area contributed by atoms with Crippen molar-refractivity contribution in [2.45, 2.75) is 317 Å². The highest BCUT2D eigenvalue weighted by Crippen LogP contribution is 2.14. The van der Waals surface area contributed by atoms with E-state index in [4.69, 9.17) is 0 Å². The maximum Gasteiger partial charge on any atom is 0.221 e. The van der Waals surface area contributed by atoms with E-state index >= 15 is 0 Å². The van der Waals surface area contributed by atoms with E-state index in [0.29, 0.717) is 111 Å². The fraction of sp³-hybridized carbons (Fsp3) is 0.929. The summed E-state index contributed by atoms with van der Waals surface area (Å²) in [5.41, 5.74) is 0. The van der Waals surface area contributed by atoms with E-state index in [0.717, 1.165) is 71.0 Å². The summed E-state index contributed by atoms with van der Waals surface area (Å²) in [4.78, 5) is 71.6. The largest absolute Gasteiger partial charge is 0.359 e. The highest BCUT2D eigenvalue weighted by molar-refractivity contribution is 5.77. The second kappa shape index (κ2) is 66.1. The zero-order chi connectivity index (χ0) is 61.3. The molecular formula is C70H141N9O5. The lowest BCUT2D eigenvalue weighted by atomic mass is 10.1. The first-order valence-electron chi connectivity index (χ1n) is 36.3. The Morgan fingerprint density at radius 2 is 0.417 bits per heavy atom. The van der Waals surface area contributed by atoms with Gasteiger partial charge in [0.1, 0.15) is 0 Å². The van der Waals surface area contributed by atoms with Crippen molar-refractivity contribution < 1.29 is 24.0 Å². The third-order valence-corrected chi connectivity index (χ3v) is 16.9. The van der Waals surface area contributed by atoms with Crippen molar-refractivity contribution in [2.24, 2.45) is 0 Å². The van der Waals surface area contributed by atoms with Gasteiger partial charge in [0.15, 0.2) is 0 Å². The third kappa shape index (κ3) is 60.9. The zero-order valence-electron chi connectivity index (χ0n) is 56.3. The first-order chi connectivity index (χ1) is 41.2. The van der Waals surface area contributed by atoms with E-state index in [1.54, 1.807) is 7.05 Å². The molecule has 0 aromatic carbocycles. The summed E-state index contributed by atoms with van der Waals surface area (Å²) in [7, 11) is 1.66. The second-order valence-corrected chi connectivity index (χ2v) is 24.8. The average molecular weight is 1190 g/mol. The number of carbonyl (C=O) groups excluding carboxylic acids is 5. The molecule has 14 heteroatoms. The molecule has 0 aliphatic carbocycles. The summed E-state index contributed by atoms with van der Waals surface area (Å²) in [6.07, 6.45) is 52.6. The first-order valence-corrected chi connectivity index (χ1v) is 36.3. The number of nitrogens with zero attached hydrogens (tertiary/aromatic N) is 3. The molecule has 0 atom stereocenters. The van der Waals surface area contributed by atoms with Crippen molar-refractivity contribution in [1.29, 1.82) is 0 Å². The molecule has 0 aliphatic rings. The van der Waals surface area contributed by atoms with Gasteiger partial charge in [-0.15, -0.1) is 0 Å². The van der Waals surface area contributed by atoms with Crippen LogP contribution >= 0.6 is 0 Å². The van der Waals surface area contributed by atoms with E-state index < -0.39 is 0 Å². The molecule has 0 radical (unpaired) electrons. The lowest BCUT2D eigenvalue weighted by Gasteiger charge is -2.28. The van der Waals surface area contributed by atoms with Crippen LogP contribution in [0.5, 0.6) is 0 Å². The Morgan fingerprint density at radius 1 is 0.226 bits per heavy atom. The molecule has 0 aromatic heterocycles. The average Bonchev–Trinajstić information content (AvgIpc) is 3.52. The Labute approximate surface area is 519 Å². The van der Waals surface area contributed by atoms with E-state index in [1.807, 2.05) is 0 Å². The molecular weight excluding hydrogens is 1050 g/mol. The Morgan fingerprint density at radius 3 is 0.643 bits per heavy atom. The maximum absolute atomic E-state index is 13.2. The van der Waals surface area contributed by atoms with Crippen LogP contribution in [-0.2, 0) is 24.0 Å². The van der Waals surface area contributed by atoms with Gasteiger partial charge in [-0.1, -0.05) is 259 Å². The first kappa shape index (κ1) is 81.2. The van der Waals surface area contributed by atoms with Crippen LogP contribution in [0.25, 0.3) is 0 Å². The summed E-state index contributed by atoms with van der Waals surface area (Å²) < 4.78 is 0. The van der Waals surface area contributed by atoms with Crippen molar-refractivity contribution in [3.05, 3.63) is 0 Å². The van der Waals surface area contributed by atoms with Gasteiger partial charge in [-0.3, -0.25) is 24.0 Å². The van der Waals surface area contributed by atoms with Crippen LogP contribution in [0.4, 0.5) is 0 Å². The van der Waals surface area contributed by atoms with E-state index in [9.17, 15) is 24.0 Å². The summed E-state index contributed by atoms with van der Waals surface area (Å²) >= 11 is 0. The van der Waals surface area contributed by atoms with Gasteiger partial charge < -0.3 is 46.6 Å². The number of amides is 5. The molecule has 0 bridgehead atoms. The molecule has 0 saturated carbocycles. The van der Waals surface area contributed by atoms with E-state index in [-0.39, 0.29) is 29.5 Å². The molecule has 14 nitrogen and oxygen atoms in total. The molecule has 0 unspecified atom stereocenters. The van der Waals surface area contributed by atoms with E-state index in [2.05, 4.69) is 74.3 Å². The zero-order valence-corrected chi connectivity index (χ0v) is 56.3. The van der Waals surface area contributed by atoms with Gasteiger partial charge in [0.2, 0.25) is 29.5 Å². The lowest BCUT2D eigenvalue weighted by Crippen LogP contribution is -2.43. The van der Waals surface area contributed by atoms with Crippen molar-refractivity contribution in [2.75, 3.05) is 105 Å². The van der Waals surface area contributed by atoms with Crippen LogP contribution in [0.2, 0.25) is 0 Å². The van der Waals surface area contributed by atoms with Gasteiger partial charge >= 0.3 is 0 Å². The number of hydrogen-bond donors (Lipinski definition) is 6. The highest BCUT2D eigenvalue weighted by atomic mass is 16.2. The van der Waals surface area contributed by atoms with Gasteiger partial charge in [0, 0.05) is 137 Å². The predicted octanol–water partition coefficient (Wildman–Crippen LogP) is 14.3. The molecule has 84 heavy (non-hydrogen) atoms. The molecule has 0 spiro atoms. The molecule has 5 amide bonds. The van der Waals surface area contributed by atoms with Crippen LogP contribution in [0.3, 0.4) is 0 Å². The molecule has 6 N–H and O–H groups in total. The number of unbranched alkanes of at least 4 members (excludes halogenated alkanes) is 36. The summed E-state index contributed by atoms with van der Waals surface area (Å²) in [6, 6.07) is 0. The molecule has 0 aliphatic heterocycles. The van der Waals surface area contributed by atoms with Gasteiger partial charge in [0.25, 0.3) is 0 Å². The molecule has 0 aromatic rings. The Kier molecular flexibility index (Phi) is 63.9. The summed E-state index contributed by atoms with van der Waals surface area (Å²) in [5, 5.41) is 19.1. The lowest BCUT2D eigenvalue weighted by molar-refractivity contribution is -0.123. The van der Waals surface area contributed by atoms with Crippen LogP contribution in [0.15, 0.2) is 0 Å². The maximum atomic E-state index is 13.2. The van der Waals surface area contributed by atoms with Gasteiger partial charge in [-0.2, -0.15) is 0 Å². The fourth-order valence-electron chi connectivity index (χ4n) is 11.0. The van der Waals surface area contributed by atoms with Crippen LogP contribution in [0, 0.1) is 0 Å². The van der Waals surface area contributed by atoms with Crippen molar-refractivity contribution in [3.63, 3.8) is 0 Å². The summed E-state index contributed by atoms with van der Waals surface area (Å²) in [5.74, 6) is 0.267. The minimum atomic E-state index is -0.0189. The van der Waals surface area contributed by atoms with Gasteiger partial charge in [0.05, 0.1) is 0 Å². The number of rotatable bonds is 68. The predicted molar refractivity (Wildman–Crippen MR) is 359 cm³/mol. The normalized spacial score (nSPS) is 11.5. The summed E-state index contributed by atoms with van der Waals surface area (Å²) in [6.45, 7) is 19.1. The van der Waals surface area contributed by atoms with Crippen LogP contribution in [-0.4, -0.2) is 149 Å². The van der Waals surface area contributed by atoms with Crippen LogP contribution < -0.4 is 31.9 Å². The van der Waals surface area contributed by atoms with Gasteiger partial charge in [-0.25, -0.2) is 0 Å². The Bertz CT molecular complexity index is 1420. The topological polar surface area (TPSA) is 167 Å². The minimum absolute atomic E-state index is 0.0189. The quantitative estimate of drug-likeness (QED) is 0.0325. The Hall–Kier alpha value is -2.81. The Balaban J connectivity index is 5.49. The SMILES string of the molecule is CCCCCCCCCCCCNC(=O)CCN(CCNCCN(CCC(=O)NCCCCCCCCCCCC)CCN(CCC(=O)NC)CCC(=O)NCCCCCCCCCCCC)CCC(=O)NCCCCCCCCCCCC. The molecule has 0 heterocycles. The second-order valence-electron chi connectivity index (χ2n) is 24.8. The number of hydrogen-bond acceptors (Lipinski definition) is 9. The monoisotopic (exact) mass is 1190 g/mol. The smallest absolute Gasteiger partial charge is 0.221 e. The minimum Gasteiger partial charge on any atom is -0.359 e. The standard InChI is InChI=1S/C70H141N9O5/c1-6-10-14-18-22-26-30-34-38-42-51-73-67(81)47-58-77(59-48-68(82)74-52-43-39-35-31-27-23-19-15-11-7-2)62-55-72-56-63-79(61-50-70(84)76-54-45-41-37-33-29-25-21-17-13-9-4)65-64-78(57-46-66(80)71-5)60-49-69(83)75-53-44-40-36-32-28-24-20-16-12-8-3/h72H,6-65H2,1-5H3,(H,71,80)(H,73,81)(H,74,82)(H,75,83)(H,76,84). The molecule has 496 valence electrons. The van der Waals surface area contributed by atoms with Crippen molar-refractivity contribution in [3.8, 4) is 0 Å². The highest BCUT2D eigenvalue weighted by Gasteiger charge is 2.16. The van der Waals surface area contributed by atoms with Crippen molar-refractivity contribution in [1.82, 2.24) is 46.6 Å². The number of carbonyl (C=O) groups is 5. The number of nitrogens with one attached hydrogen (secondary N) is 6. The molecule has 0 rings (SSSR count).